The van der Waals surface area contributed by atoms with Gasteiger partial charge in [0.2, 0.25) is 0 Å². The first kappa shape index (κ1) is 12.6. The molecule has 2 rings (SSSR count). The van der Waals surface area contributed by atoms with Crippen LogP contribution in [-0.4, -0.2) is 13.2 Å². The fourth-order valence-electron chi connectivity index (χ4n) is 2.02. The predicted octanol–water partition coefficient (Wildman–Crippen LogP) is 4.33. The van der Waals surface area contributed by atoms with E-state index in [2.05, 4.69) is 46.8 Å². The molecule has 17 heavy (non-hydrogen) atoms. The molecule has 90 valence electrons. The number of hydrogen-bond donors (Lipinski definition) is 0. The van der Waals surface area contributed by atoms with E-state index in [1.165, 1.54) is 21.2 Å². The average molecular weight is 293 g/mol. The van der Waals surface area contributed by atoms with Crippen molar-refractivity contribution < 1.29 is 4.74 Å². The van der Waals surface area contributed by atoms with Crippen LogP contribution in [0.4, 0.5) is 0 Å². The van der Waals surface area contributed by atoms with E-state index >= 15 is 0 Å². The number of fused-ring (bicyclic) bond motifs is 1. The third-order valence-electron chi connectivity index (χ3n) is 2.89. The minimum absolute atomic E-state index is 0.644. The Bertz CT molecular complexity index is 460. The van der Waals surface area contributed by atoms with Gasteiger partial charge in [-0.1, -0.05) is 52.3 Å². The summed E-state index contributed by atoms with van der Waals surface area (Å²) in [5.74, 6) is 0. The fourth-order valence-corrected chi connectivity index (χ4v) is 2.72. The molecule has 0 spiro atoms. The second-order valence-electron chi connectivity index (χ2n) is 4.52. The third kappa shape index (κ3) is 3.08. The molecular weight excluding hydrogens is 276 g/mol. The van der Waals surface area contributed by atoms with Crippen LogP contribution in [0.5, 0.6) is 0 Å². The van der Waals surface area contributed by atoms with Gasteiger partial charge in [-0.15, -0.1) is 0 Å². The Morgan fingerprint density at radius 1 is 1.35 bits per heavy atom. The Balaban J connectivity index is 2.11. The van der Waals surface area contributed by atoms with Crippen molar-refractivity contribution in [2.45, 2.75) is 19.8 Å². The Hall–Kier alpha value is -0.860. The average Bonchev–Trinajstić information content (AvgIpc) is 2.32. The molecule has 0 saturated heterocycles. The van der Waals surface area contributed by atoms with Gasteiger partial charge in [-0.25, -0.2) is 0 Å². The lowest BCUT2D eigenvalue weighted by molar-refractivity contribution is 0.178. The van der Waals surface area contributed by atoms with Gasteiger partial charge in [0, 0.05) is 4.48 Å². The van der Waals surface area contributed by atoms with Crippen molar-refractivity contribution in [2.24, 2.45) is 0 Å². The van der Waals surface area contributed by atoms with Crippen LogP contribution in [0.3, 0.4) is 0 Å². The zero-order chi connectivity index (χ0) is 12.3. The van der Waals surface area contributed by atoms with Crippen molar-refractivity contribution >= 4 is 20.4 Å². The maximum Gasteiger partial charge on any atom is 0.0695 e. The largest absolute Gasteiger partial charge is 0.373 e. The second kappa shape index (κ2) is 5.65. The summed E-state index contributed by atoms with van der Waals surface area (Å²) in [4.78, 5) is 0. The van der Waals surface area contributed by atoms with Crippen LogP contribution in [0.2, 0.25) is 0 Å². The number of aryl methyl sites for hydroxylation is 1. The molecule has 2 heteroatoms. The van der Waals surface area contributed by atoms with Gasteiger partial charge in [0.25, 0.3) is 0 Å². The number of benzene rings is 1. The summed E-state index contributed by atoms with van der Waals surface area (Å²) < 4.78 is 6.84. The highest BCUT2D eigenvalue weighted by molar-refractivity contribution is 9.15. The standard InChI is InChI=1S/C15H17BrO/c1-11(2)9-17-10-13-8-7-12-5-3-4-6-14(12)15(13)16/h3-6H,1,7-10H2,2H3. The first-order valence-electron chi connectivity index (χ1n) is 5.86. The molecule has 0 saturated carbocycles. The topological polar surface area (TPSA) is 9.23 Å². The van der Waals surface area contributed by atoms with Crippen molar-refractivity contribution in [3.63, 3.8) is 0 Å². The molecular formula is C15H17BrO. The number of hydrogen-bond acceptors (Lipinski definition) is 1. The van der Waals surface area contributed by atoms with Crippen LogP contribution in [0.1, 0.15) is 24.5 Å². The van der Waals surface area contributed by atoms with Gasteiger partial charge in [0.1, 0.15) is 0 Å². The van der Waals surface area contributed by atoms with Gasteiger partial charge in [-0.3, -0.25) is 0 Å². The van der Waals surface area contributed by atoms with Crippen LogP contribution < -0.4 is 0 Å². The van der Waals surface area contributed by atoms with E-state index in [0.717, 1.165) is 18.4 Å². The van der Waals surface area contributed by atoms with E-state index in [0.29, 0.717) is 13.2 Å². The van der Waals surface area contributed by atoms with Gasteiger partial charge < -0.3 is 4.74 Å². The number of rotatable bonds is 4. The molecule has 0 atom stereocenters. The van der Waals surface area contributed by atoms with Crippen LogP contribution >= 0.6 is 15.9 Å². The molecule has 0 unspecified atom stereocenters. The summed E-state index contributed by atoms with van der Waals surface area (Å²) in [5.41, 5.74) is 5.15. The molecule has 0 amide bonds. The molecule has 1 aromatic rings. The summed E-state index contributed by atoms with van der Waals surface area (Å²) in [7, 11) is 0. The minimum Gasteiger partial charge on any atom is -0.373 e. The highest BCUT2D eigenvalue weighted by atomic mass is 79.9. The van der Waals surface area contributed by atoms with Gasteiger partial charge >= 0.3 is 0 Å². The van der Waals surface area contributed by atoms with Crippen molar-refractivity contribution in [2.75, 3.05) is 13.2 Å². The first-order valence-corrected chi connectivity index (χ1v) is 6.65. The molecule has 1 aliphatic carbocycles. The van der Waals surface area contributed by atoms with Crippen molar-refractivity contribution in [1.29, 1.82) is 0 Å². The highest BCUT2D eigenvalue weighted by Gasteiger charge is 2.16. The summed E-state index contributed by atoms with van der Waals surface area (Å²) >= 11 is 3.70. The molecule has 0 radical (unpaired) electrons. The second-order valence-corrected chi connectivity index (χ2v) is 5.32. The van der Waals surface area contributed by atoms with Crippen LogP contribution in [0.25, 0.3) is 4.48 Å². The van der Waals surface area contributed by atoms with Crippen LogP contribution in [0.15, 0.2) is 42.0 Å². The maximum absolute atomic E-state index is 5.63. The molecule has 0 aromatic heterocycles. The molecule has 0 aliphatic heterocycles. The maximum atomic E-state index is 5.63. The van der Waals surface area contributed by atoms with Crippen molar-refractivity contribution in [3.05, 3.63) is 53.1 Å². The molecule has 1 nitrogen and oxygen atoms in total. The lowest BCUT2D eigenvalue weighted by Gasteiger charge is -2.20. The lowest BCUT2D eigenvalue weighted by atomic mass is 9.92. The lowest BCUT2D eigenvalue weighted by Crippen LogP contribution is -2.08. The normalized spacial score (nSPS) is 14.7. The third-order valence-corrected chi connectivity index (χ3v) is 3.87. The minimum atomic E-state index is 0.644. The van der Waals surface area contributed by atoms with Gasteiger partial charge in [-0.2, -0.15) is 0 Å². The Labute approximate surface area is 111 Å². The monoisotopic (exact) mass is 292 g/mol. The van der Waals surface area contributed by atoms with Crippen molar-refractivity contribution in [3.8, 4) is 0 Å². The van der Waals surface area contributed by atoms with Crippen LogP contribution in [0, 0.1) is 0 Å². The molecule has 1 aromatic carbocycles. The summed E-state index contributed by atoms with van der Waals surface area (Å²) in [6.45, 7) is 7.17. The summed E-state index contributed by atoms with van der Waals surface area (Å²) in [5, 5.41) is 0. The van der Waals surface area contributed by atoms with E-state index in [1.807, 2.05) is 6.92 Å². The fraction of sp³-hybridized carbons (Fsp3) is 0.333. The smallest absolute Gasteiger partial charge is 0.0695 e. The first-order chi connectivity index (χ1) is 8.18. The SMILES string of the molecule is C=C(C)COCC1=C(Br)c2ccccc2CC1. The van der Waals surface area contributed by atoms with Crippen LogP contribution in [-0.2, 0) is 11.2 Å². The molecule has 0 heterocycles. The van der Waals surface area contributed by atoms with E-state index < -0.39 is 0 Å². The van der Waals surface area contributed by atoms with E-state index in [9.17, 15) is 0 Å². The Morgan fingerprint density at radius 3 is 2.88 bits per heavy atom. The molecule has 0 fully saturated rings. The number of ether oxygens (including phenoxy) is 1. The van der Waals surface area contributed by atoms with E-state index in [-0.39, 0.29) is 0 Å². The van der Waals surface area contributed by atoms with E-state index in [1.54, 1.807) is 0 Å². The Kier molecular flexibility index (Phi) is 4.19. The summed E-state index contributed by atoms with van der Waals surface area (Å²) in [6.07, 6.45) is 2.19. The zero-order valence-corrected chi connectivity index (χ0v) is 11.7. The highest BCUT2D eigenvalue weighted by Crippen LogP contribution is 2.35. The Morgan fingerprint density at radius 2 is 2.12 bits per heavy atom. The van der Waals surface area contributed by atoms with Gasteiger partial charge in [0.05, 0.1) is 13.2 Å². The molecule has 0 bridgehead atoms. The van der Waals surface area contributed by atoms with Gasteiger partial charge in [0.15, 0.2) is 0 Å². The van der Waals surface area contributed by atoms with E-state index in [4.69, 9.17) is 4.74 Å². The predicted molar refractivity (Wildman–Crippen MR) is 76.2 cm³/mol. The quantitative estimate of drug-likeness (QED) is 0.751. The number of halogens is 1. The summed E-state index contributed by atoms with van der Waals surface area (Å²) in [6, 6.07) is 8.54. The van der Waals surface area contributed by atoms with Crippen molar-refractivity contribution in [1.82, 2.24) is 0 Å². The van der Waals surface area contributed by atoms with Gasteiger partial charge in [-0.05, 0) is 36.5 Å². The zero-order valence-electron chi connectivity index (χ0n) is 10.1. The molecule has 1 aliphatic rings. The molecule has 0 N–H and O–H groups in total.